The third kappa shape index (κ3) is 6.22. The Kier molecular flexibility index (Phi) is 8.76. The minimum absolute atomic E-state index is 0.608. The van der Waals surface area contributed by atoms with Crippen molar-refractivity contribution in [3.05, 3.63) is 237 Å². The lowest BCUT2D eigenvalue weighted by Gasteiger charge is -2.17. The molecule has 4 heterocycles. The molecule has 4 aromatic heterocycles. The van der Waals surface area contributed by atoms with Gasteiger partial charge in [-0.15, -0.1) is 11.3 Å². The fraction of sp³-hybridized carbons (Fsp3) is 0. The van der Waals surface area contributed by atoms with E-state index in [-0.39, 0.29) is 0 Å². The molecule has 330 valence electrons. The largest absolute Gasteiger partial charge is 0.309 e. The predicted octanol–water partition coefficient (Wildman–Crippen LogP) is 17.4. The van der Waals surface area contributed by atoms with Crippen LogP contribution >= 0.6 is 11.3 Å². The molecule has 0 atom stereocenters. The van der Waals surface area contributed by atoms with E-state index in [4.69, 9.17) is 15.0 Å². The van der Waals surface area contributed by atoms with Gasteiger partial charge in [-0.25, -0.2) is 15.0 Å². The summed E-state index contributed by atoms with van der Waals surface area (Å²) in [5.74, 6) is 1.84. The standard InChI is InChI=1S/C65H39N5S/c1-3-17-41(18-4-1)63-66-64(44-30-34-57-53(37-44)48-24-11-13-27-55(48)69(57)45-21-5-2-6-22-45)68-65(67-63)51-33-32-46(70-56-28-14-12-25-49(56)54-36-42-19-7-8-20-43(42)38-58(54)70)39-52(51)50-26-15-29-59-62(50)61-47-23-10-9-16-40(47)31-35-60(61)71-59/h1-39H. The molecule has 0 radical (unpaired) electrons. The number of hydrogen-bond acceptors (Lipinski definition) is 4. The van der Waals surface area contributed by atoms with Crippen LogP contribution in [0, 0.1) is 0 Å². The Morgan fingerprint density at radius 3 is 1.65 bits per heavy atom. The third-order valence-corrected chi connectivity index (χ3v) is 15.5. The zero-order valence-electron chi connectivity index (χ0n) is 38.2. The Hall–Kier alpha value is -9.23. The van der Waals surface area contributed by atoms with Crippen molar-refractivity contribution < 1.29 is 0 Å². The minimum Gasteiger partial charge on any atom is -0.309 e. The van der Waals surface area contributed by atoms with Gasteiger partial charge in [0.25, 0.3) is 0 Å². The highest BCUT2D eigenvalue weighted by Crippen LogP contribution is 2.47. The van der Waals surface area contributed by atoms with Crippen LogP contribution in [-0.4, -0.2) is 24.1 Å². The molecule has 5 nitrogen and oxygen atoms in total. The summed E-state index contributed by atoms with van der Waals surface area (Å²) in [6, 6.07) is 85.1. The molecule has 0 amide bonds. The summed E-state index contributed by atoms with van der Waals surface area (Å²) in [5.41, 5.74) is 11.7. The molecule has 0 fully saturated rings. The van der Waals surface area contributed by atoms with E-state index in [0.717, 1.165) is 66.6 Å². The smallest absolute Gasteiger partial charge is 0.164 e. The van der Waals surface area contributed by atoms with Crippen molar-refractivity contribution in [2.75, 3.05) is 0 Å². The average molecular weight is 922 g/mol. The van der Waals surface area contributed by atoms with E-state index in [1.807, 2.05) is 29.5 Å². The Morgan fingerprint density at radius 1 is 0.282 bits per heavy atom. The first kappa shape index (κ1) is 39.7. The molecule has 0 aliphatic carbocycles. The van der Waals surface area contributed by atoms with Crippen LogP contribution in [0.1, 0.15) is 0 Å². The number of hydrogen-bond donors (Lipinski definition) is 0. The van der Waals surface area contributed by atoms with Crippen LogP contribution in [0.25, 0.3) is 142 Å². The van der Waals surface area contributed by atoms with Crippen molar-refractivity contribution in [3.8, 4) is 56.7 Å². The predicted molar refractivity (Wildman–Crippen MR) is 298 cm³/mol. The van der Waals surface area contributed by atoms with Crippen LogP contribution in [0.2, 0.25) is 0 Å². The van der Waals surface area contributed by atoms with Crippen LogP contribution in [0.4, 0.5) is 0 Å². The maximum Gasteiger partial charge on any atom is 0.164 e. The Labute approximate surface area is 411 Å². The van der Waals surface area contributed by atoms with Gasteiger partial charge in [0.2, 0.25) is 0 Å². The molecule has 15 rings (SSSR count). The highest BCUT2D eigenvalue weighted by Gasteiger charge is 2.23. The van der Waals surface area contributed by atoms with E-state index in [9.17, 15) is 0 Å². The van der Waals surface area contributed by atoms with Crippen molar-refractivity contribution in [2.45, 2.75) is 0 Å². The van der Waals surface area contributed by atoms with Gasteiger partial charge in [-0.05, 0) is 118 Å². The molecule has 71 heavy (non-hydrogen) atoms. The zero-order chi connectivity index (χ0) is 46.6. The van der Waals surface area contributed by atoms with Gasteiger partial charge in [0.15, 0.2) is 17.5 Å². The molecule has 0 aliphatic rings. The van der Waals surface area contributed by atoms with E-state index in [0.29, 0.717) is 17.5 Å². The molecule has 0 saturated carbocycles. The monoisotopic (exact) mass is 921 g/mol. The van der Waals surface area contributed by atoms with Gasteiger partial charge in [0.05, 0.1) is 22.1 Å². The quantitative estimate of drug-likeness (QED) is 0.167. The van der Waals surface area contributed by atoms with Crippen LogP contribution in [-0.2, 0) is 0 Å². The van der Waals surface area contributed by atoms with Crippen molar-refractivity contribution in [1.82, 2.24) is 24.1 Å². The second kappa shape index (κ2) is 15.7. The first-order valence-electron chi connectivity index (χ1n) is 24.0. The molecule has 0 spiro atoms. The van der Waals surface area contributed by atoms with Gasteiger partial charge in [-0.3, -0.25) is 0 Å². The zero-order valence-corrected chi connectivity index (χ0v) is 39.0. The average Bonchev–Trinajstić information content (AvgIpc) is 4.10. The molecule has 0 aliphatic heterocycles. The molecule has 11 aromatic carbocycles. The summed E-state index contributed by atoms with van der Waals surface area (Å²) in [6.45, 7) is 0. The van der Waals surface area contributed by atoms with Crippen molar-refractivity contribution in [3.63, 3.8) is 0 Å². The summed E-state index contributed by atoms with van der Waals surface area (Å²) < 4.78 is 7.27. The van der Waals surface area contributed by atoms with Crippen molar-refractivity contribution in [2.24, 2.45) is 0 Å². The van der Waals surface area contributed by atoms with Gasteiger partial charge >= 0.3 is 0 Å². The normalized spacial score (nSPS) is 11.9. The number of nitrogens with zero attached hydrogens (tertiary/aromatic N) is 5. The third-order valence-electron chi connectivity index (χ3n) is 14.3. The van der Waals surface area contributed by atoms with Gasteiger partial charge < -0.3 is 9.13 Å². The summed E-state index contributed by atoms with van der Waals surface area (Å²) in [4.78, 5) is 16.2. The van der Waals surface area contributed by atoms with Crippen LogP contribution in [0.15, 0.2) is 237 Å². The fourth-order valence-electron chi connectivity index (χ4n) is 11.1. The highest BCUT2D eigenvalue weighted by atomic mass is 32.1. The van der Waals surface area contributed by atoms with Crippen LogP contribution < -0.4 is 0 Å². The Balaban J connectivity index is 1.02. The summed E-state index contributed by atoms with van der Waals surface area (Å²) >= 11 is 1.85. The van der Waals surface area contributed by atoms with Gasteiger partial charge in [0.1, 0.15) is 0 Å². The number of aromatic nitrogens is 5. The van der Waals surface area contributed by atoms with E-state index >= 15 is 0 Å². The number of rotatable bonds is 6. The summed E-state index contributed by atoms with van der Waals surface area (Å²) in [5, 5.41) is 12.1. The number of benzene rings is 11. The second-order valence-electron chi connectivity index (χ2n) is 18.3. The number of fused-ring (bicyclic) bond motifs is 12. The lowest BCUT2D eigenvalue weighted by Crippen LogP contribution is -2.02. The van der Waals surface area contributed by atoms with E-state index < -0.39 is 0 Å². The molecular weight excluding hydrogens is 883 g/mol. The lowest BCUT2D eigenvalue weighted by atomic mass is 9.93. The first-order chi connectivity index (χ1) is 35.2. The summed E-state index contributed by atoms with van der Waals surface area (Å²) in [6.07, 6.45) is 0. The maximum absolute atomic E-state index is 5.51. The SMILES string of the molecule is c1ccc(-c2nc(-c3ccc4c(c3)c3ccccc3n4-c3ccccc3)nc(-c3ccc(-n4c5ccccc5c5cc6ccccc6cc54)cc3-c3cccc4sc5ccc6ccccc6c5c34)n2)cc1. The molecular formula is C65H39N5S. The maximum atomic E-state index is 5.51. The highest BCUT2D eigenvalue weighted by molar-refractivity contribution is 7.26. The molecule has 0 N–H and O–H groups in total. The number of thiophene rings is 1. The number of para-hydroxylation sites is 3. The fourth-order valence-corrected chi connectivity index (χ4v) is 12.3. The topological polar surface area (TPSA) is 48.5 Å². The lowest BCUT2D eigenvalue weighted by molar-refractivity contribution is 1.07. The first-order valence-corrected chi connectivity index (χ1v) is 24.8. The van der Waals surface area contributed by atoms with Crippen molar-refractivity contribution >= 4 is 96.7 Å². The van der Waals surface area contributed by atoms with Gasteiger partial charge in [0, 0.05) is 69.8 Å². The minimum atomic E-state index is 0.608. The van der Waals surface area contributed by atoms with Gasteiger partial charge in [-0.1, -0.05) is 152 Å². The Morgan fingerprint density at radius 2 is 0.873 bits per heavy atom. The molecule has 6 heteroatoms. The van der Waals surface area contributed by atoms with E-state index in [2.05, 4.69) is 228 Å². The summed E-state index contributed by atoms with van der Waals surface area (Å²) in [7, 11) is 0. The second-order valence-corrected chi connectivity index (χ2v) is 19.4. The molecule has 15 aromatic rings. The van der Waals surface area contributed by atoms with Crippen LogP contribution in [0.5, 0.6) is 0 Å². The molecule has 0 bridgehead atoms. The molecule has 0 saturated heterocycles. The van der Waals surface area contributed by atoms with Crippen LogP contribution in [0.3, 0.4) is 0 Å². The van der Waals surface area contributed by atoms with Crippen molar-refractivity contribution in [1.29, 1.82) is 0 Å². The Bertz CT molecular complexity index is 4640. The van der Waals surface area contributed by atoms with E-state index in [1.165, 1.54) is 57.9 Å². The van der Waals surface area contributed by atoms with E-state index in [1.54, 1.807) is 0 Å². The molecule has 0 unspecified atom stereocenters. The van der Waals surface area contributed by atoms with Gasteiger partial charge in [-0.2, -0.15) is 0 Å².